The summed E-state index contributed by atoms with van der Waals surface area (Å²) in [6.45, 7) is 5.02. The minimum Gasteiger partial charge on any atom is -0.321 e. The minimum atomic E-state index is -0.384. The number of aryl methyl sites for hydroxylation is 1. The molecule has 18 heavy (non-hydrogen) atoms. The number of benzene rings is 1. The monoisotopic (exact) mass is 307 g/mol. The summed E-state index contributed by atoms with van der Waals surface area (Å²) in [6.07, 6.45) is 4.74. The van der Waals surface area contributed by atoms with Crippen LogP contribution in [0.2, 0.25) is 0 Å². The number of nitrogens with zero attached hydrogens (tertiary/aromatic N) is 2. The van der Waals surface area contributed by atoms with E-state index in [-0.39, 0.29) is 5.54 Å². The minimum absolute atomic E-state index is 0.384. The zero-order valence-electron chi connectivity index (χ0n) is 10.7. The molecule has 1 unspecified atom stereocenters. The smallest absolute Gasteiger partial charge is 0.0522 e. The Balaban J connectivity index is 2.20. The van der Waals surface area contributed by atoms with Crippen molar-refractivity contribution in [3.63, 3.8) is 0 Å². The van der Waals surface area contributed by atoms with E-state index in [1.54, 1.807) is 0 Å². The average Bonchev–Trinajstić information content (AvgIpc) is 2.76. The van der Waals surface area contributed by atoms with Crippen LogP contribution in [0.25, 0.3) is 0 Å². The van der Waals surface area contributed by atoms with Gasteiger partial charge in [-0.3, -0.25) is 4.68 Å². The first kappa shape index (κ1) is 13.3. The quantitative estimate of drug-likeness (QED) is 0.943. The highest BCUT2D eigenvalue weighted by Crippen LogP contribution is 2.25. The van der Waals surface area contributed by atoms with E-state index < -0.39 is 0 Å². The second-order valence-electron chi connectivity index (χ2n) is 4.81. The van der Waals surface area contributed by atoms with E-state index in [2.05, 4.69) is 53.2 Å². The predicted octanol–water partition coefficient (Wildman–Crippen LogP) is 3.08. The Kier molecular flexibility index (Phi) is 3.88. The zero-order valence-corrected chi connectivity index (χ0v) is 12.3. The van der Waals surface area contributed by atoms with Gasteiger partial charge in [-0.05, 0) is 43.5 Å². The molecule has 0 aliphatic heterocycles. The highest BCUT2D eigenvalue weighted by Gasteiger charge is 2.22. The van der Waals surface area contributed by atoms with Gasteiger partial charge in [0.05, 0.1) is 6.20 Å². The van der Waals surface area contributed by atoms with Crippen molar-refractivity contribution in [2.45, 2.75) is 32.4 Å². The van der Waals surface area contributed by atoms with Gasteiger partial charge in [0.15, 0.2) is 0 Å². The molecule has 2 N–H and O–H groups in total. The van der Waals surface area contributed by atoms with Gasteiger partial charge in [-0.1, -0.05) is 28.1 Å². The average molecular weight is 308 g/mol. The van der Waals surface area contributed by atoms with Crippen LogP contribution in [0.15, 0.2) is 41.1 Å². The second-order valence-corrected chi connectivity index (χ2v) is 5.72. The molecule has 0 amide bonds. The van der Waals surface area contributed by atoms with Gasteiger partial charge in [-0.25, -0.2) is 0 Å². The van der Waals surface area contributed by atoms with Crippen LogP contribution in [0.4, 0.5) is 0 Å². The lowest BCUT2D eigenvalue weighted by atomic mass is 9.88. The third-order valence-electron chi connectivity index (χ3n) is 3.07. The summed E-state index contributed by atoms with van der Waals surface area (Å²) >= 11 is 3.48. The highest BCUT2D eigenvalue weighted by molar-refractivity contribution is 9.10. The molecule has 0 saturated heterocycles. The van der Waals surface area contributed by atoms with E-state index in [4.69, 9.17) is 5.73 Å². The van der Waals surface area contributed by atoms with Crippen LogP contribution in [0, 0.1) is 0 Å². The number of nitrogens with two attached hydrogens (primary N) is 1. The number of hydrogen-bond donors (Lipinski definition) is 1. The first-order valence-corrected chi connectivity index (χ1v) is 6.87. The maximum absolute atomic E-state index is 6.43. The summed E-state index contributed by atoms with van der Waals surface area (Å²) < 4.78 is 2.98. The molecule has 1 aromatic heterocycles. The molecular formula is C14H18BrN3. The Hall–Kier alpha value is -1.13. The van der Waals surface area contributed by atoms with E-state index in [0.717, 1.165) is 23.0 Å². The molecule has 0 saturated carbocycles. The molecule has 0 bridgehead atoms. The van der Waals surface area contributed by atoms with Crippen LogP contribution < -0.4 is 5.73 Å². The SMILES string of the molecule is CCn1cc(CC(C)(N)c2cccc(Br)c2)cn1. The largest absolute Gasteiger partial charge is 0.321 e. The summed E-state index contributed by atoms with van der Waals surface area (Å²) in [5, 5.41) is 4.28. The van der Waals surface area contributed by atoms with Gasteiger partial charge in [0.25, 0.3) is 0 Å². The molecule has 0 fully saturated rings. The Labute approximate surface area is 116 Å². The molecule has 1 heterocycles. The lowest BCUT2D eigenvalue weighted by molar-refractivity contribution is 0.491. The number of aromatic nitrogens is 2. The van der Waals surface area contributed by atoms with E-state index in [1.807, 2.05) is 23.0 Å². The zero-order chi connectivity index (χ0) is 13.2. The lowest BCUT2D eigenvalue weighted by Gasteiger charge is -2.25. The first-order valence-electron chi connectivity index (χ1n) is 6.07. The predicted molar refractivity (Wildman–Crippen MR) is 77.3 cm³/mol. The van der Waals surface area contributed by atoms with Gasteiger partial charge in [0.1, 0.15) is 0 Å². The standard InChI is InChI=1S/C14H18BrN3/c1-3-18-10-11(9-17-18)8-14(2,16)12-5-4-6-13(15)7-12/h4-7,9-10H,3,8,16H2,1-2H3. The molecule has 4 heteroatoms. The first-order chi connectivity index (χ1) is 8.51. The summed E-state index contributed by atoms with van der Waals surface area (Å²) in [5.74, 6) is 0. The van der Waals surface area contributed by atoms with Gasteiger partial charge in [0, 0.05) is 22.8 Å². The van der Waals surface area contributed by atoms with Gasteiger partial charge in [-0.2, -0.15) is 5.10 Å². The molecule has 0 spiro atoms. The highest BCUT2D eigenvalue weighted by atomic mass is 79.9. The fraction of sp³-hybridized carbons (Fsp3) is 0.357. The Morgan fingerprint density at radius 2 is 2.22 bits per heavy atom. The van der Waals surface area contributed by atoms with Gasteiger partial charge >= 0.3 is 0 Å². The fourth-order valence-electron chi connectivity index (χ4n) is 2.04. The number of halogens is 1. The fourth-order valence-corrected chi connectivity index (χ4v) is 2.44. The van der Waals surface area contributed by atoms with Crippen LogP contribution in [0.5, 0.6) is 0 Å². The van der Waals surface area contributed by atoms with Crippen LogP contribution in [-0.2, 0) is 18.5 Å². The molecule has 1 aromatic carbocycles. The molecule has 96 valence electrons. The van der Waals surface area contributed by atoms with Gasteiger partial charge < -0.3 is 5.73 Å². The van der Waals surface area contributed by atoms with E-state index in [1.165, 1.54) is 5.56 Å². The van der Waals surface area contributed by atoms with Crippen LogP contribution >= 0.6 is 15.9 Å². The van der Waals surface area contributed by atoms with E-state index >= 15 is 0 Å². The second kappa shape index (κ2) is 5.24. The summed E-state index contributed by atoms with van der Waals surface area (Å²) in [5.41, 5.74) is 8.34. The van der Waals surface area contributed by atoms with E-state index in [9.17, 15) is 0 Å². The van der Waals surface area contributed by atoms with Crippen molar-refractivity contribution in [1.29, 1.82) is 0 Å². The maximum atomic E-state index is 6.43. The van der Waals surface area contributed by atoms with Crippen molar-refractivity contribution in [1.82, 2.24) is 9.78 Å². The lowest BCUT2D eigenvalue weighted by Crippen LogP contribution is -2.35. The maximum Gasteiger partial charge on any atom is 0.0522 e. The summed E-state index contributed by atoms with van der Waals surface area (Å²) in [4.78, 5) is 0. The van der Waals surface area contributed by atoms with Crippen LogP contribution in [0.1, 0.15) is 25.0 Å². The summed E-state index contributed by atoms with van der Waals surface area (Å²) in [7, 11) is 0. The summed E-state index contributed by atoms with van der Waals surface area (Å²) in [6, 6.07) is 8.16. The topological polar surface area (TPSA) is 43.8 Å². The van der Waals surface area contributed by atoms with Gasteiger partial charge in [0.2, 0.25) is 0 Å². The molecule has 1 atom stereocenters. The Morgan fingerprint density at radius 1 is 1.44 bits per heavy atom. The molecular weight excluding hydrogens is 290 g/mol. The molecule has 2 rings (SSSR count). The third kappa shape index (κ3) is 3.00. The van der Waals surface area contributed by atoms with Crippen LogP contribution in [0.3, 0.4) is 0 Å². The molecule has 0 aliphatic carbocycles. The van der Waals surface area contributed by atoms with E-state index in [0.29, 0.717) is 0 Å². The Morgan fingerprint density at radius 3 is 2.83 bits per heavy atom. The van der Waals surface area contributed by atoms with Crippen molar-refractivity contribution in [2.24, 2.45) is 5.73 Å². The molecule has 0 aliphatic rings. The molecule has 0 radical (unpaired) electrons. The number of hydrogen-bond acceptors (Lipinski definition) is 2. The molecule has 3 nitrogen and oxygen atoms in total. The van der Waals surface area contributed by atoms with Crippen molar-refractivity contribution in [3.05, 3.63) is 52.3 Å². The van der Waals surface area contributed by atoms with Crippen molar-refractivity contribution < 1.29 is 0 Å². The van der Waals surface area contributed by atoms with Crippen molar-refractivity contribution >= 4 is 15.9 Å². The van der Waals surface area contributed by atoms with Crippen molar-refractivity contribution in [2.75, 3.05) is 0 Å². The normalized spacial score (nSPS) is 14.4. The van der Waals surface area contributed by atoms with Crippen molar-refractivity contribution in [3.8, 4) is 0 Å². The van der Waals surface area contributed by atoms with Gasteiger partial charge in [-0.15, -0.1) is 0 Å². The molecule has 2 aromatic rings. The number of rotatable bonds is 4. The third-order valence-corrected chi connectivity index (χ3v) is 3.56. The Bertz CT molecular complexity index is 531. The van der Waals surface area contributed by atoms with Crippen LogP contribution in [-0.4, -0.2) is 9.78 Å².